The maximum atomic E-state index is 13.9. The molecule has 0 fully saturated rings. The van der Waals surface area contributed by atoms with Crippen LogP contribution in [0, 0.1) is 0 Å². The number of rotatable bonds is 8. The Labute approximate surface area is 206 Å². The second kappa shape index (κ2) is 10.4. The second-order valence-electron chi connectivity index (χ2n) is 7.89. The minimum atomic E-state index is -4.02. The Morgan fingerprint density at radius 1 is 0.771 bits per heavy atom. The summed E-state index contributed by atoms with van der Waals surface area (Å²) in [7, 11) is -0.818. The van der Waals surface area contributed by atoms with Gasteiger partial charge in [0.25, 0.3) is 15.9 Å². The average molecular weight is 487 g/mol. The van der Waals surface area contributed by atoms with Gasteiger partial charge in [-0.1, -0.05) is 60.7 Å². The predicted octanol–water partition coefficient (Wildman–Crippen LogP) is 5.37. The Kier molecular flexibility index (Phi) is 7.17. The molecule has 0 N–H and O–H groups in total. The lowest BCUT2D eigenvalue weighted by Crippen LogP contribution is -2.34. The molecule has 0 unspecified atom stereocenters. The summed E-state index contributed by atoms with van der Waals surface area (Å²) >= 11 is 0. The van der Waals surface area contributed by atoms with Gasteiger partial charge < -0.3 is 9.64 Å². The van der Waals surface area contributed by atoms with E-state index in [1.54, 1.807) is 43.4 Å². The number of benzene rings is 4. The summed E-state index contributed by atoms with van der Waals surface area (Å²) in [6.07, 6.45) is 0. The molecular weight excluding hydrogens is 460 g/mol. The molecule has 0 aliphatic carbocycles. The van der Waals surface area contributed by atoms with E-state index >= 15 is 0 Å². The summed E-state index contributed by atoms with van der Waals surface area (Å²) in [5, 5.41) is 0. The van der Waals surface area contributed by atoms with Gasteiger partial charge in [-0.25, -0.2) is 8.42 Å². The molecule has 0 aliphatic rings. The number of methoxy groups -OCH3 is 1. The van der Waals surface area contributed by atoms with Crippen LogP contribution in [-0.2, 0) is 16.6 Å². The lowest BCUT2D eigenvalue weighted by Gasteiger charge is -2.28. The molecule has 0 aliphatic heterocycles. The fraction of sp³-hybridized carbons (Fsp3) is 0.107. The molecule has 6 nitrogen and oxygen atoms in total. The monoisotopic (exact) mass is 486 g/mol. The van der Waals surface area contributed by atoms with Crippen molar-refractivity contribution < 1.29 is 17.9 Å². The van der Waals surface area contributed by atoms with Crippen molar-refractivity contribution in [2.45, 2.75) is 11.4 Å². The number of para-hydroxylation sites is 2. The average Bonchev–Trinajstić information content (AvgIpc) is 2.92. The van der Waals surface area contributed by atoms with Gasteiger partial charge in [0.15, 0.2) is 0 Å². The second-order valence-corrected chi connectivity index (χ2v) is 9.75. The van der Waals surface area contributed by atoms with Gasteiger partial charge in [-0.05, 0) is 54.1 Å². The first-order valence-corrected chi connectivity index (χ1v) is 12.5. The highest BCUT2D eigenvalue weighted by Crippen LogP contribution is 2.31. The third kappa shape index (κ3) is 5.20. The van der Waals surface area contributed by atoms with Crippen LogP contribution < -0.4 is 13.9 Å². The van der Waals surface area contributed by atoms with Gasteiger partial charge in [-0.2, -0.15) is 0 Å². The van der Waals surface area contributed by atoms with Crippen molar-refractivity contribution in [3.63, 3.8) is 0 Å². The first-order chi connectivity index (χ1) is 16.9. The molecule has 0 spiro atoms. The van der Waals surface area contributed by atoms with Crippen LogP contribution in [0.5, 0.6) is 5.75 Å². The van der Waals surface area contributed by atoms with E-state index in [0.29, 0.717) is 17.1 Å². The van der Waals surface area contributed by atoms with Crippen molar-refractivity contribution in [3.05, 3.63) is 120 Å². The number of hydrogen-bond acceptors (Lipinski definition) is 4. The minimum Gasteiger partial charge on any atom is -0.497 e. The first kappa shape index (κ1) is 24.0. The van der Waals surface area contributed by atoms with Gasteiger partial charge >= 0.3 is 0 Å². The summed E-state index contributed by atoms with van der Waals surface area (Å²) in [5.74, 6) is 0.244. The molecule has 0 aromatic heterocycles. The molecule has 7 heteroatoms. The smallest absolute Gasteiger partial charge is 0.264 e. The van der Waals surface area contributed by atoms with Gasteiger partial charge in [0.1, 0.15) is 5.75 Å². The summed E-state index contributed by atoms with van der Waals surface area (Å²) in [5.41, 5.74) is 2.09. The van der Waals surface area contributed by atoms with E-state index < -0.39 is 10.0 Å². The first-order valence-electron chi connectivity index (χ1n) is 11.0. The summed E-state index contributed by atoms with van der Waals surface area (Å²) < 4.78 is 34.3. The third-order valence-electron chi connectivity index (χ3n) is 5.67. The van der Waals surface area contributed by atoms with Crippen LogP contribution in [0.15, 0.2) is 114 Å². The van der Waals surface area contributed by atoms with Crippen molar-refractivity contribution in [3.8, 4) is 5.75 Å². The molecule has 1 amide bonds. The number of amides is 1. The SMILES string of the molecule is COc1ccc(S(=O)(=O)N(Cc2ccccc2)c2ccccc2C(=O)N(C)c2ccccc2)cc1. The number of ether oxygens (including phenoxy) is 1. The fourth-order valence-electron chi connectivity index (χ4n) is 3.75. The largest absolute Gasteiger partial charge is 0.497 e. The van der Waals surface area contributed by atoms with E-state index in [1.165, 1.54) is 28.4 Å². The van der Waals surface area contributed by atoms with E-state index in [2.05, 4.69) is 0 Å². The Morgan fingerprint density at radius 2 is 1.34 bits per heavy atom. The van der Waals surface area contributed by atoms with Gasteiger partial charge in [0, 0.05) is 12.7 Å². The van der Waals surface area contributed by atoms with E-state index in [0.717, 1.165) is 5.56 Å². The molecular formula is C28H26N2O4S. The zero-order chi connectivity index (χ0) is 24.8. The van der Waals surface area contributed by atoms with Gasteiger partial charge in [-0.15, -0.1) is 0 Å². The number of carbonyl (C=O) groups excluding carboxylic acids is 1. The number of hydrogen-bond donors (Lipinski definition) is 0. The number of sulfonamides is 1. The molecule has 4 aromatic rings. The van der Waals surface area contributed by atoms with Crippen molar-refractivity contribution >= 4 is 27.3 Å². The van der Waals surface area contributed by atoms with Gasteiger partial charge in [-0.3, -0.25) is 9.10 Å². The molecule has 178 valence electrons. The maximum Gasteiger partial charge on any atom is 0.264 e. The fourth-order valence-corrected chi connectivity index (χ4v) is 5.22. The molecule has 0 bridgehead atoms. The third-order valence-corrected chi connectivity index (χ3v) is 7.44. The highest BCUT2D eigenvalue weighted by atomic mass is 32.2. The Bertz CT molecular complexity index is 1390. The lowest BCUT2D eigenvalue weighted by molar-refractivity contribution is 0.0993. The molecule has 0 saturated carbocycles. The van der Waals surface area contributed by atoms with Crippen molar-refractivity contribution in [2.24, 2.45) is 0 Å². The van der Waals surface area contributed by atoms with E-state index in [1.807, 2.05) is 60.7 Å². The van der Waals surface area contributed by atoms with E-state index in [9.17, 15) is 13.2 Å². The summed E-state index contributed by atoms with van der Waals surface area (Å²) in [6, 6.07) is 31.5. The molecule has 0 radical (unpaired) electrons. The van der Waals surface area contributed by atoms with E-state index in [4.69, 9.17) is 4.74 Å². The number of anilines is 2. The summed E-state index contributed by atoms with van der Waals surface area (Å²) in [6.45, 7) is 0.0640. The normalized spacial score (nSPS) is 11.0. The molecule has 4 rings (SSSR count). The Morgan fingerprint density at radius 3 is 1.97 bits per heavy atom. The highest BCUT2D eigenvalue weighted by molar-refractivity contribution is 7.92. The van der Waals surface area contributed by atoms with Crippen molar-refractivity contribution in [1.29, 1.82) is 0 Å². The van der Waals surface area contributed by atoms with Crippen molar-refractivity contribution in [1.82, 2.24) is 0 Å². The van der Waals surface area contributed by atoms with Crippen LogP contribution in [0.3, 0.4) is 0 Å². The Hall–Kier alpha value is -4.10. The molecule has 0 saturated heterocycles. The zero-order valence-corrected chi connectivity index (χ0v) is 20.4. The van der Waals surface area contributed by atoms with Gasteiger partial charge in [0.05, 0.1) is 29.8 Å². The van der Waals surface area contributed by atoms with Crippen LogP contribution in [-0.4, -0.2) is 28.5 Å². The topological polar surface area (TPSA) is 66.9 Å². The quantitative estimate of drug-likeness (QED) is 0.336. The number of nitrogens with zero attached hydrogens (tertiary/aromatic N) is 2. The summed E-state index contributed by atoms with van der Waals surface area (Å²) in [4.78, 5) is 15.2. The predicted molar refractivity (Wildman–Crippen MR) is 138 cm³/mol. The molecule has 4 aromatic carbocycles. The van der Waals surface area contributed by atoms with Gasteiger partial charge in [0.2, 0.25) is 0 Å². The van der Waals surface area contributed by atoms with Crippen molar-refractivity contribution in [2.75, 3.05) is 23.4 Å². The van der Waals surface area contributed by atoms with Crippen LogP contribution >= 0.6 is 0 Å². The standard InChI is InChI=1S/C28H26N2O4S/c1-29(23-13-7-4-8-14-23)28(31)26-15-9-10-16-27(26)30(21-22-11-5-3-6-12-22)35(32,33)25-19-17-24(34-2)18-20-25/h3-20H,21H2,1-2H3. The molecule has 0 heterocycles. The van der Waals surface area contributed by atoms with Crippen LogP contribution in [0.25, 0.3) is 0 Å². The minimum absolute atomic E-state index is 0.0640. The maximum absolute atomic E-state index is 13.9. The molecule has 0 atom stereocenters. The van der Waals surface area contributed by atoms with Crippen LogP contribution in [0.4, 0.5) is 11.4 Å². The van der Waals surface area contributed by atoms with E-state index in [-0.39, 0.29) is 22.9 Å². The number of carbonyl (C=O) groups is 1. The zero-order valence-electron chi connectivity index (χ0n) is 19.5. The van der Waals surface area contributed by atoms with Crippen LogP contribution in [0.2, 0.25) is 0 Å². The lowest BCUT2D eigenvalue weighted by atomic mass is 10.1. The molecule has 35 heavy (non-hydrogen) atoms. The Balaban J connectivity index is 1.82. The van der Waals surface area contributed by atoms with Crippen LogP contribution in [0.1, 0.15) is 15.9 Å². The highest BCUT2D eigenvalue weighted by Gasteiger charge is 2.29.